The molecular formula is C14H15N3O3S2. The van der Waals surface area contributed by atoms with Crippen LogP contribution < -0.4 is 9.62 Å². The summed E-state index contributed by atoms with van der Waals surface area (Å²) in [5.41, 5.74) is 0.734. The molecule has 0 aliphatic carbocycles. The van der Waals surface area contributed by atoms with E-state index >= 15 is 0 Å². The second-order valence-electron chi connectivity index (χ2n) is 4.94. The van der Waals surface area contributed by atoms with E-state index < -0.39 is 10.0 Å². The van der Waals surface area contributed by atoms with Gasteiger partial charge in [-0.1, -0.05) is 0 Å². The Kier molecular flexibility index (Phi) is 4.12. The molecule has 3 rings (SSSR count). The second-order valence-corrected chi connectivity index (χ2v) is 7.52. The van der Waals surface area contributed by atoms with Gasteiger partial charge in [-0.25, -0.2) is 13.4 Å². The SMILES string of the molecule is O=C1CCCCN1c1ccc(S(=O)(=O)Nc2nccs2)cc1. The molecule has 0 bridgehead atoms. The molecule has 2 heterocycles. The fraction of sp³-hybridized carbons (Fsp3) is 0.286. The minimum Gasteiger partial charge on any atom is -0.312 e. The van der Waals surface area contributed by atoms with Gasteiger partial charge in [0.15, 0.2) is 5.13 Å². The van der Waals surface area contributed by atoms with Crippen LogP contribution in [0, 0.1) is 0 Å². The highest BCUT2D eigenvalue weighted by Crippen LogP contribution is 2.24. The molecule has 0 radical (unpaired) electrons. The largest absolute Gasteiger partial charge is 0.312 e. The summed E-state index contributed by atoms with van der Waals surface area (Å²) in [6, 6.07) is 6.35. The molecule has 8 heteroatoms. The quantitative estimate of drug-likeness (QED) is 0.929. The number of anilines is 2. The Morgan fingerprint density at radius 3 is 2.59 bits per heavy atom. The van der Waals surface area contributed by atoms with Crippen LogP contribution in [0.15, 0.2) is 40.7 Å². The van der Waals surface area contributed by atoms with Crippen LogP contribution in [0.1, 0.15) is 19.3 Å². The van der Waals surface area contributed by atoms with Crippen molar-refractivity contribution in [3.05, 3.63) is 35.8 Å². The Balaban J connectivity index is 1.80. The molecule has 1 fully saturated rings. The van der Waals surface area contributed by atoms with Crippen LogP contribution in [0.3, 0.4) is 0 Å². The number of carbonyl (C=O) groups is 1. The van der Waals surface area contributed by atoms with Crippen LogP contribution in [0.4, 0.5) is 10.8 Å². The molecule has 0 saturated carbocycles. The third-order valence-electron chi connectivity index (χ3n) is 3.44. The number of amides is 1. The van der Waals surface area contributed by atoms with Gasteiger partial charge in [0.05, 0.1) is 4.90 Å². The van der Waals surface area contributed by atoms with Crippen LogP contribution in [-0.4, -0.2) is 25.9 Å². The van der Waals surface area contributed by atoms with Gasteiger partial charge in [0, 0.05) is 30.2 Å². The van der Waals surface area contributed by atoms with E-state index in [-0.39, 0.29) is 10.8 Å². The molecule has 2 aromatic rings. The van der Waals surface area contributed by atoms with Gasteiger partial charge in [0.25, 0.3) is 10.0 Å². The van der Waals surface area contributed by atoms with E-state index in [0.29, 0.717) is 18.1 Å². The van der Waals surface area contributed by atoms with Crippen molar-refractivity contribution in [2.75, 3.05) is 16.2 Å². The summed E-state index contributed by atoms with van der Waals surface area (Å²) in [4.78, 5) is 17.6. The number of hydrogen-bond donors (Lipinski definition) is 1. The Morgan fingerprint density at radius 1 is 1.18 bits per heavy atom. The lowest BCUT2D eigenvalue weighted by molar-refractivity contribution is -0.119. The summed E-state index contributed by atoms with van der Waals surface area (Å²) in [6.45, 7) is 0.683. The zero-order valence-corrected chi connectivity index (χ0v) is 13.4. The number of thiazole rings is 1. The predicted octanol–water partition coefficient (Wildman–Crippen LogP) is 2.46. The molecule has 1 aliphatic rings. The topological polar surface area (TPSA) is 79.4 Å². The normalized spacial score (nSPS) is 15.8. The van der Waals surface area contributed by atoms with Gasteiger partial charge in [0.1, 0.15) is 0 Å². The molecule has 1 amide bonds. The van der Waals surface area contributed by atoms with E-state index in [2.05, 4.69) is 9.71 Å². The van der Waals surface area contributed by atoms with E-state index in [0.717, 1.165) is 18.5 Å². The Hall–Kier alpha value is -1.93. The van der Waals surface area contributed by atoms with Crippen molar-refractivity contribution in [2.24, 2.45) is 0 Å². The highest BCUT2D eigenvalue weighted by atomic mass is 32.2. The van der Waals surface area contributed by atoms with Gasteiger partial charge in [-0.15, -0.1) is 11.3 Å². The number of carbonyl (C=O) groups excluding carboxylic acids is 1. The fourth-order valence-corrected chi connectivity index (χ4v) is 4.12. The maximum absolute atomic E-state index is 12.2. The van der Waals surface area contributed by atoms with Gasteiger partial charge in [-0.2, -0.15) is 0 Å². The molecule has 1 aromatic carbocycles. The number of benzene rings is 1. The van der Waals surface area contributed by atoms with Crippen molar-refractivity contribution in [2.45, 2.75) is 24.2 Å². The number of hydrogen-bond acceptors (Lipinski definition) is 5. The Bertz CT molecular complexity index is 755. The number of rotatable bonds is 4. The van der Waals surface area contributed by atoms with E-state index in [1.807, 2.05) is 0 Å². The lowest BCUT2D eigenvalue weighted by Gasteiger charge is -2.26. The van der Waals surface area contributed by atoms with Gasteiger partial charge >= 0.3 is 0 Å². The predicted molar refractivity (Wildman–Crippen MR) is 85.6 cm³/mol. The van der Waals surface area contributed by atoms with Gasteiger partial charge in [0.2, 0.25) is 5.91 Å². The molecule has 0 atom stereocenters. The minimum atomic E-state index is -3.65. The summed E-state index contributed by atoms with van der Waals surface area (Å²) in [5.74, 6) is 0.0859. The first-order valence-corrected chi connectivity index (χ1v) is 9.25. The van der Waals surface area contributed by atoms with Gasteiger partial charge in [-0.3, -0.25) is 9.52 Å². The van der Waals surface area contributed by atoms with Gasteiger partial charge < -0.3 is 4.90 Å². The van der Waals surface area contributed by atoms with Crippen molar-refractivity contribution >= 4 is 38.1 Å². The molecule has 1 aliphatic heterocycles. The third kappa shape index (κ3) is 3.12. The maximum Gasteiger partial charge on any atom is 0.263 e. The molecule has 6 nitrogen and oxygen atoms in total. The van der Waals surface area contributed by atoms with E-state index in [4.69, 9.17) is 0 Å². The van der Waals surface area contributed by atoms with Crippen LogP contribution in [-0.2, 0) is 14.8 Å². The Morgan fingerprint density at radius 2 is 1.95 bits per heavy atom. The highest BCUT2D eigenvalue weighted by molar-refractivity contribution is 7.93. The third-order valence-corrected chi connectivity index (χ3v) is 5.61. The number of nitrogens with zero attached hydrogens (tertiary/aromatic N) is 2. The molecule has 1 N–H and O–H groups in total. The van der Waals surface area contributed by atoms with Crippen molar-refractivity contribution in [1.29, 1.82) is 0 Å². The first-order valence-electron chi connectivity index (χ1n) is 6.89. The van der Waals surface area contributed by atoms with Crippen LogP contribution >= 0.6 is 11.3 Å². The Labute approximate surface area is 132 Å². The zero-order chi connectivity index (χ0) is 15.6. The highest BCUT2D eigenvalue weighted by Gasteiger charge is 2.21. The van der Waals surface area contributed by atoms with E-state index in [9.17, 15) is 13.2 Å². The number of nitrogens with one attached hydrogen (secondary N) is 1. The summed E-state index contributed by atoms with van der Waals surface area (Å²) in [5, 5.41) is 2.03. The number of sulfonamides is 1. The monoisotopic (exact) mass is 337 g/mol. The van der Waals surface area contributed by atoms with Crippen molar-refractivity contribution in [1.82, 2.24) is 4.98 Å². The lowest BCUT2D eigenvalue weighted by atomic mass is 10.1. The minimum absolute atomic E-state index is 0.0859. The van der Waals surface area contributed by atoms with Gasteiger partial charge in [-0.05, 0) is 37.1 Å². The van der Waals surface area contributed by atoms with Crippen molar-refractivity contribution < 1.29 is 13.2 Å². The molecular weight excluding hydrogens is 322 g/mol. The van der Waals surface area contributed by atoms with E-state index in [1.54, 1.807) is 22.4 Å². The summed E-state index contributed by atoms with van der Waals surface area (Å²) in [7, 11) is -3.65. The second kappa shape index (κ2) is 6.05. The lowest BCUT2D eigenvalue weighted by Crippen LogP contribution is -2.35. The first kappa shape index (κ1) is 15.0. The standard InChI is InChI=1S/C14H15N3O3S2/c18-13-3-1-2-9-17(13)11-4-6-12(7-5-11)22(19,20)16-14-15-8-10-21-14/h4-8,10H,1-3,9H2,(H,15,16). The molecule has 116 valence electrons. The number of aromatic nitrogens is 1. The molecule has 1 saturated heterocycles. The first-order chi connectivity index (χ1) is 10.6. The van der Waals surface area contributed by atoms with E-state index in [1.165, 1.54) is 29.7 Å². The summed E-state index contributed by atoms with van der Waals surface area (Å²) < 4.78 is 26.9. The van der Waals surface area contributed by atoms with Crippen molar-refractivity contribution in [3.63, 3.8) is 0 Å². The van der Waals surface area contributed by atoms with Crippen molar-refractivity contribution in [3.8, 4) is 0 Å². The molecule has 0 spiro atoms. The summed E-state index contributed by atoms with van der Waals surface area (Å²) >= 11 is 1.22. The average Bonchev–Trinajstić information content (AvgIpc) is 3.00. The molecule has 22 heavy (non-hydrogen) atoms. The molecule has 0 unspecified atom stereocenters. The number of piperidine rings is 1. The summed E-state index contributed by atoms with van der Waals surface area (Å²) in [6.07, 6.45) is 3.97. The average molecular weight is 337 g/mol. The van der Waals surface area contributed by atoms with Crippen LogP contribution in [0.2, 0.25) is 0 Å². The zero-order valence-electron chi connectivity index (χ0n) is 11.7. The fourth-order valence-electron chi connectivity index (χ4n) is 2.33. The van der Waals surface area contributed by atoms with Crippen LogP contribution in [0.25, 0.3) is 0 Å². The maximum atomic E-state index is 12.2. The smallest absolute Gasteiger partial charge is 0.263 e. The molecule has 1 aromatic heterocycles. The van der Waals surface area contributed by atoms with Crippen LogP contribution in [0.5, 0.6) is 0 Å².